The Morgan fingerprint density at radius 3 is 3.00 bits per heavy atom. The van der Waals surface area contributed by atoms with Crippen LogP contribution in [0.4, 0.5) is 5.00 Å². The van der Waals surface area contributed by atoms with E-state index in [1.165, 1.54) is 4.88 Å². The maximum Gasteiger partial charge on any atom is 0.166 e. The summed E-state index contributed by atoms with van der Waals surface area (Å²) in [4.78, 5) is 1.17. The fourth-order valence-corrected chi connectivity index (χ4v) is 2.31. The number of anilines is 1. The van der Waals surface area contributed by atoms with Crippen LogP contribution in [0.2, 0.25) is 0 Å². The number of aromatic nitrogens is 3. The van der Waals surface area contributed by atoms with Crippen molar-refractivity contribution < 1.29 is 4.74 Å². The van der Waals surface area contributed by atoms with Crippen molar-refractivity contribution in [1.82, 2.24) is 14.8 Å². The monoisotopic (exact) mass is 238 g/mol. The van der Waals surface area contributed by atoms with Crippen LogP contribution >= 0.6 is 11.3 Å². The van der Waals surface area contributed by atoms with Gasteiger partial charge in [-0.25, -0.2) is 0 Å². The van der Waals surface area contributed by atoms with Crippen molar-refractivity contribution in [3.63, 3.8) is 0 Å². The van der Waals surface area contributed by atoms with E-state index >= 15 is 0 Å². The lowest BCUT2D eigenvalue weighted by molar-refractivity contribution is 0.187. The minimum atomic E-state index is 0.633. The highest BCUT2D eigenvalue weighted by molar-refractivity contribution is 7.16. The fraction of sp³-hybridized carbons (Fsp3) is 0.400. The van der Waals surface area contributed by atoms with Gasteiger partial charge < -0.3 is 15.0 Å². The lowest BCUT2D eigenvalue weighted by atomic mass is 10.3. The molecule has 0 aromatic carbocycles. The number of methoxy groups -OCH3 is 1. The Kier molecular flexibility index (Phi) is 3.21. The molecule has 0 radical (unpaired) electrons. The molecule has 0 atom stereocenters. The molecular formula is C10H14N4OS. The van der Waals surface area contributed by atoms with Crippen LogP contribution in [0.1, 0.15) is 4.88 Å². The van der Waals surface area contributed by atoms with E-state index in [9.17, 15) is 0 Å². The molecule has 0 spiro atoms. The van der Waals surface area contributed by atoms with Crippen LogP contribution in [0, 0.1) is 6.92 Å². The summed E-state index contributed by atoms with van der Waals surface area (Å²) in [5.74, 6) is 0.805. The predicted molar refractivity (Wildman–Crippen MR) is 64.4 cm³/mol. The van der Waals surface area contributed by atoms with Gasteiger partial charge in [0.25, 0.3) is 0 Å². The summed E-state index contributed by atoms with van der Waals surface area (Å²) in [6, 6.07) is 2.04. The van der Waals surface area contributed by atoms with Gasteiger partial charge >= 0.3 is 0 Å². The standard InChI is InChI=1S/C10H14N4OS/c1-7-5-8(9(11)16-7)10-13-12-6-14(10)3-4-15-2/h5-6H,3-4,11H2,1-2H3. The summed E-state index contributed by atoms with van der Waals surface area (Å²) in [7, 11) is 1.67. The van der Waals surface area contributed by atoms with Crippen molar-refractivity contribution in [2.75, 3.05) is 19.5 Å². The summed E-state index contributed by atoms with van der Waals surface area (Å²) in [6.07, 6.45) is 1.70. The molecule has 2 aromatic heterocycles. The number of ether oxygens (including phenoxy) is 1. The van der Waals surface area contributed by atoms with E-state index in [0.29, 0.717) is 6.61 Å². The average molecular weight is 238 g/mol. The van der Waals surface area contributed by atoms with Gasteiger partial charge in [0.1, 0.15) is 6.33 Å². The lowest BCUT2D eigenvalue weighted by Gasteiger charge is -2.04. The van der Waals surface area contributed by atoms with Gasteiger partial charge in [-0.15, -0.1) is 21.5 Å². The van der Waals surface area contributed by atoms with Crippen LogP contribution in [0.25, 0.3) is 11.4 Å². The number of hydrogen-bond acceptors (Lipinski definition) is 5. The number of aryl methyl sites for hydroxylation is 1. The Hall–Kier alpha value is -1.40. The van der Waals surface area contributed by atoms with Gasteiger partial charge in [-0.3, -0.25) is 0 Å². The normalized spacial score (nSPS) is 10.9. The van der Waals surface area contributed by atoms with Crippen LogP contribution in [-0.2, 0) is 11.3 Å². The molecule has 6 heteroatoms. The second-order valence-corrected chi connectivity index (χ2v) is 4.76. The SMILES string of the molecule is COCCn1cnnc1-c1cc(C)sc1N. The van der Waals surface area contributed by atoms with Gasteiger partial charge in [0.05, 0.1) is 17.2 Å². The molecule has 16 heavy (non-hydrogen) atoms. The third kappa shape index (κ3) is 2.07. The quantitative estimate of drug-likeness (QED) is 0.877. The largest absolute Gasteiger partial charge is 0.390 e. The van der Waals surface area contributed by atoms with E-state index in [2.05, 4.69) is 10.2 Å². The van der Waals surface area contributed by atoms with Crippen LogP contribution < -0.4 is 5.73 Å². The van der Waals surface area contributed by atoms with Crippen LogP contribution in [0.5, 0.6) is 0 Å². The molecule has 0 saturated heterocycles. The Morgan fingerprint density at radius 1 is 1.56 bits per heavy atom. The van der Waals surface area contributed by atoms with Gasteiger partial charge in [0, 0.05) is 18.5 Å². The van der Waals surface area contributed by atoms with Crippen molar-refractivity contribution >= 4 is 16.3 Å². The van der Waals surface area contributed by atoms with Crippen molar-refractivity contribution in [2.24, 2.45) is 0 Å². The van der Waals surface area contributed by atoms with Crippen LogP contribution in [0.3, 0.4) is 0 Å². The zero-order valence-electron chi connectivity index (χ0n) is 9.30. The number of hydrogen-bond donors (Lipinski definition) is 1. The maximum absolute atomic E-state index is 5.94. The number of thiophene rings is 1. The number of nitrogens with two attached hydrogens (primary N) is 1. The molecule has 2 rings (SSSR count). The molecule has 5 nitrogen and oxygen atoms in total. The average Bonchev–Trinajstić information content (AvgIpc) is 2.81. The van der Waals surface area contributed by atoms with Gasteiger partial charge in [-0.05, 0) is 13.0 Å². The predicted octanol–water partition coefficient (Wildman–Crippen LogP) is 1.54. The first-order valence-electron chi connectivity index (χ1n) is 4.95. The Balaban J connectivity index is 2.33. The molecule has 2 N–H and O–H groups in total. The second-order valence-electron chi connectivity index (χ2n) is 3.48. The van der Waals surface area contributed by atoms with Gasteiger partial charge in [-0.1, -0.05) is 0 Å². The molecule has 0 aliphatic carbocycles. The van der Waals surface area contributed by atoms with E-state index in [-0.39, 0.29) is 0 Å². The number of nitrogens with zero attached hydrogens (tertiary/aromatic N) is 3. The third-order valence-electron chi connectivity index (χ3n) is 2.28. The highest BCUT2D eigenvalue weighted by atomic mass is 32.1. The minimum absolute atomic E-state index is 0.633. The summed E-state index contributed by atoms with van der Waals surface area (Å²) in [5, 5.41) is 8.79. The molecule has 86 valence electrons. The Bertz CT molecular complexity index is 477. The summed E-state index contributed by atoms with van der Waals surface area (Å²) in [6.45, 7) is 3.39. The first kappa shape index (κ1) is 11.1. The third-order valence-corrected chi connectivity index (χ3v) is 3.16. The Morgan fingerprint density at radius 2 is 2.38 bits per heavy atom. The van der Waals surface area contributed by atoms with E-state index in [1.807, 2.05) is 17.6 Å². The zero-order valence-corrected chi connectivity index (χ0v) is 10.1. The molecule has 0 aliphatic heterocycles. The maximum atomic E-state index is 5.94. The molecule has 0 saturated carbocycles. The molecule has 0 unspecified atom stereocenters. The van der Waals surface area contributed by atoms with Crippen molar-refractivity contribution in [1.29, 1.82) is 0 Å². The van der Waals surface area contributed by atoms with E-state index in [0.717, 1.165) is 22.9 Å². The van der Waals surface area contributed by atoms with Crippen LogP contribution in [-0.4, -0.2) is 28.5 Å². The second kappa shape index (κ2) is 4.63. The fourth-order valence-electron chi connectivity index (χ4n) is 1.52. The first-order valence-corrected chi connectivity index (χ1v) is 5.77. The van der Waals surface area contributed by atoms with Crippen LogP contribution in [0.15, 0.2) is 12.4 Å². The smallest absolute Gasteiger partial charge is 0.166 e. The number of nitrogen functional groups attached to an aromatic ring is 1. The van der Waals surface area contributed by atoms with Gasteiger partial charge in [0.2, 0.25) is 0 Å². The van der Waals surface area contributed by atoms with E-state index < -0.39 is 0 Å². The number of rotatable bonds is 4. The molecule has 2 aromatic rings. The molecule has 0 aliphatic rings. The molecule has 0 fully saturated rings. The molecule has 0 amide bonds. The molecule has 2 heterocycles. The molecule has 0 bridgehead atoms. The zero-order chi connectivity index (χ0) is 11.5. The van der Waals surface area contributed by atoms with E-state index in [4.69, 9.17) is 10.5 Å². The minimum Gasteiger partial charge on any atom is -0.390 e. The summed E-state index contributed by atoms with van der Waals surface area (Å²) < 4.78 is 6.98. The van der Waals surface area contributed by atoms with Gasteiger partial charge in [0.15, 0.2) is 5.82 Å². The lowest BCUT2D eigenvalue weighted by Crippen LogP contribution is -2.05. The van der Waals surface area contributed by atoms with Gasteiger partial charge in [-0.2, -0.15) is 0 Å². The molecular weight excluding hydrogens is 224 g/mol. The topological polar surface area (TPSA) is 66.0 Å². The van der Waals surface area contributed by atoms with Crippen molar-refractivity contribution in [3.8, 4) is 11.4 Å². The Labute approximate surface area is 97.9 Å². The van der Waals surface area contributed by atoms with Crippen molar-refractivity contribution in [3.05, 3.63) is 17.3 Å². The highest BCUT2D eigenvalue weighted by Crippen LogP contribution is 2.32. The van der Waals surface area contributed by atoms with Crippen molar-refractivity contribution in [2.45, 2.75) is 13.5 Å². The highest BCUT2D eigenvalue weighted by Gasteiger charge is 2.12. The summed E-state index contributed by atoms with van der Waals surface area (Å²) in [5.41, 5.74) is 6.89. The first-order chi connectivity index (χ1) is 7.72. The summed E-state index contributed by atoms with van der Waals surface area (Å²) >= 11 is 1.57. The van der Waals surface area contributed by atoms with E-state index in [1.54, 1.807) is 24.8 Å².